The summed E-state index contributed by atoms with van der Waals surface area (Å²) in [5.41, 5.74) is 0.643. The van der Waals surface area contributed by atoms with Crippen molar-refractivity contribution in [3.63, 3.8) is 0 Å². The Morgan fingerprint density at radius 3 is 2.36 bits per heavy atom. The van der Waals surface area contributed by atoms with E-state index >= 15 is 0 Å². The number of nitrogens with one attached hydrogen (secondary N) is 1. The third kappa shape index (κ3) is 7.31. The molecule has 2 rings (SSSR count). The lowest BCUT2D eigenvalue weighted by atomic mass is 10.3. The number of hydrogen-bond donors (Lipinski definition) is 1. The summed E-state index contributed by atoms with van der Waals surface area (Å²) >= 11 is 5.84. The highest BCUT2D eigenvalue weighted by atomic mass is 35.5. The monoisotopic (exact) mass is 429 g/mol. The highest BCUT2D eigenvalue weighted by Crippen LogP contribution is 2.14. The molecular weight excluding hydrogens is 402 g/mol. The van der Waals surface area contributed by atoms with Crippen molar-refractivity contribution in [1.82, 2.24) is 9.80 Å². The SMILES string of the molecule is CCCCCS(=O)(=O)CC(=O)N1CCCN(C(=O)Nc2ccc(Cl)cc2)CC1. The maximum Gasteiger partial charge on any atom is 0.321 e. The van der Waals surface area contributed by atoms with Crippen LogP contribution in [-0.4, -0.2) is 67.8 Å². The second-order valence-corrected chi connectivity index (χ2v) is 9.58. The molecule has 9 heteroatoms. The van der Waals surface area contributed by atoms with E-state index in [9.17, 15) is 18.0 Å². The van der Waals surface area contributed by atoms with E-state index in [0.717, 1.165) is 12.8 Å². The summed E-state index contributed by atoms with van der Waals surface area (Å²) in [5.74, 6) is -0.777. The van der Waals surface area contributed by atoms with E-state index in [4.69, 9.17) is 11.6 Å². The van der Waals surface area contributed by atoms with E-state index in [1.54, 1.807) is 34.1 Å². The van der Waals surface area contributed by atoms with Crippen LogP contribution in [0.5, 0.6) is 0 Å². The number of carbonyl (C=O) groups excluding carboxylic acids is 2. The number of hydrogen-bond acceptors (Lipinski definition) is 4. The van der Waals surface area contributed by atoms with Crippen molar-refractivity contribution in [2.45, 2.75) is 32.6 Å². The molecule has 1 N–H and O–H groups in total. The third-order valence-corrected chi connectivity index (χ3v) is 6.48. The van der Waals surface area contributed by atoms with Crippen molar-refractivity contribution in [2.24, 2.45) is 0 Å². The van der Waals surface area contributed by atoms with Crippen LogP contribution in [0.1, 0.15) is 32.6 Å². The Labute approximate surface area is 171 Å². The van der Waals surface area contributed by atoms with Crippen molar-refractivity contribution < 1.29 is 18.0 Å². The maximum atomic E-state index is 12.4. The Bertz CT molecular complexity index is 768. The Balaban J connectivity index is 1.85. The predicted molar refractivity (Wildman–Crippen MR) is 111 cm³/mol. The van der Waals surface area contributed by atoms with Gasteiger partial charge in [-0.3, -0.25) is 4.79 Å². The zero-order chi connectivity index (χ0) is 20.6. The molecule has 0 bridgehead atoms. The van der Waals surface area contributed by atoms with Gasteiger partial charge in [-0.1, -0.05) is 31.4 Å². The lowest BCUT2D eigenvalue weighted by molar-refractivity contribution is -0.128. The number of sulfone groups is 1. The number of anilines is 1. The van der Waals surface area contributed by atoms with Gasteiger partial charge in [0.2, 0.25) is 5.91 Å². The summed E-state index contributed by atoms with van der Waals surface area (Å²) in [6.07, 6.45) is 2.97. The highest BCUT2D eigenvalue weighted by Gasteiger charge is 2.25. The molecule has 1 aliphatic rings. The molecule has 1 aliphatic heterocycles. The van der Waals surface area contributed by atoms with Gasteiger partial charge in [0, 0.05) is 36.9 Å². The molecule has 1 saturated heterocycles. The van der Waals surface area contributed by atoms with E-state index in [1.165, 1.54) is 0 Å². The normalized spacial score (nSPS) is 15.2. The van der Waals surface area contributed by atoms with Crippen LogP contribution >= 0.6 is 11.6 Å². The van der Waals surface area contributed by atoms with Crippen LogP contribution in [0, 0.1) is 0 Å². The highest BCUT2D eigenvalue weighted by molar-refractivity contribution is 7.92. The van der Waals surface area contributed by atoms with Gasteiger partial charge >= 0.3 is 6.03 Å². The Kier molecular flexibility index (Phi) is 8.57. The molecule has 0 aliphatic carbocycles. The molecule has 0 unspecified atom stereocenters. The van der Waals surface area contributed by atoms with Crippen molar-refractivity contribution in [1.29, 1.82) is 0 Å². The van der Waals surface area contributed by atoms with Crippen LogP contribution in [0.4, 0.5) is 10.5 Å². The topological polar surface area (TPSA) is 86.8 Å². The van der Waals surface area contributed by atoms with Gasteiger partial charge in [-0.15, -0.1) is 0 Å². The number of nitrogens with zero attached hydrogens (tertiary/aromatic N) is 2. The number of urea groups is 1. The summed E-state index contributed by atoms with van der Waals surface area (Å²) < 4.78 is 24.2. The van der Waals surface area contributed by atoms with Gasteiger partial charge in [-0.25, -0.2) is 13.2 Å². The first-order valence-electron chi connectivity index (χ1n) is 9.60. The number of halogens is 1. The molecule has 156 valence electrons. The van der Waals surface area contributed by atoms with Crippen LogP contribution in [0.15, 0.2) is 24.3 Å². The molecule has 1 aromatic carbocycles. The zero-order valence-corrected chi connectivity index (χ0v) is 17.8. The van der Waals surface area contributed by atoms with Crippen LogP contribution in [-0.2, 0) is 14.6 Å². The summed E-state index contributed by atoms with van der Waals surface area (Å²) in [4.78, 5) is 28.0. The first kappa shape index (κ1) is 22.5. The predicted octanol–water partition coefficient (Wildman–Crippen LogP) is 3.01. The van der Waals surface area contributed by atoms with Gasteiger partial charge in [0.25, 0.3) is 0 Å². The minimum atomic E-state index is -3.38. The van der Waals surface area contributed by atoms with Gasteiger partial charge < -0.3 is 15.1 Å². The van der Waals surface area contributed by atoms with Crippen molar-refractivity contribution in [2.75, 3.05) is 43.0 Å². The van der Waals surface area contributed by atoms with Crippen LogP contribution in [0.25, 0.3) is 0 Å². The van der Waals surface area contributed by atoms with Crippen LogP contribution < -0.4 is 5.32 Å². The van der Waals surface area contributed by atoms with Gasteiger partial charge in [0.1, 0.15) is 5.75 Å². The molecule has 0 aromatic heterocycles. The fraction of sp³-hybridized carbons (Fsp3) is 0.579. The molecule has 1 fully saturated rings. The summed E-state index contributed by atoms with van der Waals surface area (Å²) in [6, 6.07) is 6.58. The smallest absolute Gasteiger partial charge is 0.321 e. The van der Waals surface area contributed by atoms with Crippen molar-refractivity contribution >= 4 is 39.1 Å². The van der Waals surface area contributed by atoms with Crippen LogP contribution in [0.3, 0.4) is 0 Å². The second kappa shape index (κ2) is 10.7. The molecule has 0 radical (unpaired) electrons. The maximum absolute atomic E-state index is 12.4. The minimum absolute atomic E-state index is 0.0516. The number of benzene rings is 1. The lowest BCUT2D eigenvalue weighted by Crippen LogP contribution is -2.41. The molecule has 0 spiro atoms. The summed E-state index contributed by atoms with van der Waals surface area (Å²) in [6.45, 7) is 3.66. The van der Waals surface area contributed by atoms with E-state index in [0.29, 0.717) is 49.7 Å². The zero-order valence-electron chi connectivity index (χ0n) is 16.2. The van der Waals surface area contributed by atoms with E-state index in [2.05, 4.69) is 5.32 Å². The molecule has 1 aromatic rings. The van der Waals surface area contributed by atoms with Gasteiger partial charge in [0.15, 0.2) is 9.84 Å². The third-order valence-electron chi connectivity index (χ3n) is 4.63. The van der Waals surface area contributed by atoms with Crippen molar-refractivity contribution in [3.05, 3.63) is 29.3 Å². The largest absolute Gasteiger partial charge is 0.340 e. The average molecular weight is 430 g/mol. The molecule has 0 saturated carbocycles. The Hall–Kier alpha value is -1.80. The summed E-state index contributed by atoms with van der Waals surface area (Å²) in [7, 11) is -3.38. The average Bonchev–Trinajstić information content (AvgIpc) is 2.90. The van der Waals surface area contributed by atoms with Crippen molar-refractivity contribution in [3.8, 4) is 0 Å². The molecule has 1 heterocycles. The van der Waals surface area contributed by atoms with Gasteiger partial charge in [-0.2, -0.15) is 0 Å². The second-order valence-electron chi connectivity index (χ2n) is 6.96. The number of unbranched alkanes of at least 4 members (excludes halogenated alkanes) is 2. The first-order chi connectivity index (χ1) is 13.3. The fourth-order valence-corrected chi connectivity index (χ4v) is 4.50. The Morgan fingerprint density at radius 2 is 1.68 bits per heavy atom. The molecule has 3 amide bonds. The van der Waals surface area contributed by atoms with E-state index < -0.39 is 15.6 Å². The molecule has 0 atom stereocenters. The number of carbonyl (C=O) groups is 2. The first-order valence-corrected chi connectivity index (χ1v) is 11.8. The van der Waals surface area contributed by atoms with E-state index in [1.807, 2.05) is 6.92 Å². The molecular formula is C19H28ClN3O4S. The fourth-order valence-electron chi connectivity index (χ4n) is 3.03. The Morgan fingerprint density at radius 1 is 1.04 bits per heavy atom. The van der Waals surface area contributed by atoms with E-state index in [-0.39, 0.29) is 17.7 Å². The molecule has 7 nitrogen and oxygen atoms in total. The number of rotatable bonds is 7. The quantitative estimate of drug-likeness (QED) is 0.675. The lowest BCUT2D eigenvalue weighted by Gasteiger charge is -2.22. The van der Waals surface area contributed by atoms with Gasteiger partial charge in [0.05, 0.1) is 5.75 Å². The molecule has 28 heavy (non-hydrogen) atoms. The van der Waals surface area contributed by atoms with Gasteiger partial charge in [-0.05, 0) is 37.1 Å². The summed E-state index contributed by atoms with van der Waals surface area (Å²) in [5, 5.41) is 3.40. The van der Waals surface area contributed by atoms with Crippen LogP contribution in [0.2, 0.25) is 5.02 Å². The standard InChI is InChI=1S/C19H28ClN3O4S/c1-2-3-4-14-28(26,27)15-18(24)22-10-5-11-23(13-12-22)19(25)21-17-8-6-16(20)7-9-17/h6-9H,2-5,10-15H2,1H3,(H,21,25). The minimum Gasteiger partial charge on any atom is -0.340 e. The number of amides is 3.